The second-order valence-corrected chi connectivity index (χ2v) is 11.7. The Kier molecular flexibility index (Phi) is 6.78. The molecule has 0 saturated heterocycles. The molecule has 2 aliphatic rings. The van der Waals surface area contributed by atoms with Crippen LogP contribution < -0.4 is 15.2 Å². The molecule has 178 valence electrons. The monoisotopic (exact) mass is 492 g/mol. The lowest BCUT2D eigenvalue weighted by Crippen LogP contribution is -2.53. The van der Waals surface area contributed by atoms with Crippen LogP contribution in [0.3, 0.4) is 0 Å². The van der Waals surface area contributed by atoms with E-state index in [0.29, 0.717) is 16.0 Å². The van der Waals surface area contributed by atoms with Crippen molar-refractivity contribution in [2.24, 2.45) is 32.4 Å². The lowest BCUT2D eigenvalue weighted by molar-refractivity contribution is -0.129. The number of amides is 1. The van der Waals surface area contributed by atoms with E-state index in [-0.39, 0.29) is 28.8 Å². The van der Waals surface area contributed by atoms with Gasteiger partial charge < -0.3 is 10.1 Å². The van der Waals surface area contributed by atoms with Crippen LogP contribution in [0.25, 0.3) is 10.2 Å². The van der Waals surface area contributed by atoms with Crippen LogP contribution >= 0.6 is 11.3 Å². The molecule has 0 bridgehead atoms. The molecule has 33 heavy (non-hydrogen) atoms. The smallest absolute Gasteiger partial charge is 0.265 e. The van der Waals surface area contributed by atoms with Gasteiger partial charge >= 0.3 is 0 Å². The number of hydrogen-bond acceptors (Lipinski definition) is 9. The number of fused-ring (bicyclic) bond motifs is 1. The topological polar surface area (TPSA) is 148 Å². The summed E-state index contributed by atoms with van der Waals surface area (Å²) in [7, 11) is -3.88. The van der Waals surface area contributed by atoms with Crippen LogP contribution in [0.4, 0.5) is 0 Å². The Hall–Kier alpha value is -2.44. The number of nitrogens with one attached hydrogen (secondary N) is 1. The summed E-state index contributed by atoms with van der Waals surface area (Å²) in [6, 6.07) is 5.24. The molecule has 1 aliphatic carbocycles. The molecular weight excluding hydrogens is 464 g/mol. The van der Waals surface area contributed by atoms with Crippen molar-refractivity contribution in [1.82, 2.24) is 10.3 Å². The van der Waals surface area contributed by atoms with Gasteiger partial charge in [0.1, 0.15) is 12.4 Å². The summed E-state index contributed by atoms with van der Waals surface area (Å²) in [4.78, 5) is 17.4. The van der Waals surface area contributed by atoms with E-state index in [1.54, 1.807) is 24.4 Å². The van der Waals surface area contributed by atoms with Crippen LogP contribution in [0, 0.1) is 11.8 Å². The Morgan fingerprint density at radius 3 is 2.70 bits per heavy atom. The van der Waals surface area contributed by atoms with Crippen molar-refractivity contribution in [1.29, 1.82) is 0 Å². The number of sulfonamides is 1. The molecule has 3 N–H and O–H groups in total. The van der Waals surface area contributed by atoms with Gasteiger partial charge in [-0.05, 0) is 42.2 Å². The predicted octanol–water partition coefficient (Wildman–Crippen LogP) is 3.23. The lowest BCUT2D eigenvalue weighted by atomic mass is 9.77. The molecular formula is C21H28N6O4S2. The van der Waals surface area contributed by atoms with Crippen LogP contribution in [0.2, 0.25) is 0 Å². The van der Waals surface area contributed by atoms with Gasteiger partial charge in [0.25, 0.3) is 10.0 Å². The number of nitrogens with two attached hydrogens (primary N) is 1. The van der Waals surface area contributed by atoms with E-state index in [1.807, 2.05) is 13.8 Å². The van der Waals surface area contributed by atoms with Crippen LogP contribution in [0.1, 0.15) is 46.0 Å². The third-order valence-corrected chi connectivity index (χ3v) is 8.39. The molecule has 1 aromatic heterocycles. The minimum absolute atomic E-state index is 0.0259. The maximum absolute atomic E-state index is 13.3. The van der Waals surface area contributed by atoms with Gasteiger partial charge in [0.2, 0.25) is 10.2 Å². The van der Waals surface area contributed by atoms with Gasteiger partial charge in [-0.1, -0.05) is 33.1 Å². The quantitative estimate of drug-likeness (QED) is 0.580. The first-order chi connectivity index (χ1) is 15.7. The first kappa shape index (κ1) is 23.7. The molecule has 10 nitrogen and oxygen atoms in total. The highest BCUT2D eigenvalue weighted by Crippen LogP contribution is 2.34. The third-order valence-electron chi connectivity index (χ3n) is 6.06. The molecule has 2 aromatic rings. The average Bonchev–Trinajstić information content (AvgIpc) is 3.40. The Labute approximate surface area is 196 Å². The maximum Gasteiger partial charge on any atom is 0.265 e. The van der Waals surface area contributed by atoms with Crippen LogP contribution in [-0.4, -0.2) is 43.7 Å². The van der Waals surface area contributed by atoms with E-state index in [0.717, 1.165) is 37.0 Å². The van der Waals surface area contributed by atoms with Crippen molar-refractivity contribution in [3.8, 4) is 5.75 Å². The van der Waals surface area contributed by atoms with E-state index < -0.39 is 21.5 Å². The van der Waals surface area contributed by atoms with Crippen molar-refractivity contribution in [2.75, 3.05) is 6.61 Å². The van der Waals surface area contributed by atoms with Gasteiger partial charge in [0.15, 0.2) is 5.54 Å². The maximum atomic E-state index is 13.3. The van der Waals surface area contributed by atoms with Crippen molar-refractivity contribution in [2.45, 2.75) is 61.9 Å². The predicted molar refractivity (Wildman–Crippen MR) is 126 cm³/mol. The molecule has 4 rings (SSSR count). The van der Waals surface area contributed by atoms with Crippen LogP contribution in [0.15, 0.2) is 38.0 Å². The number of carbonyl (C=O) groups is 1. The van der Waals surface area contributed by atoms with Gasteiger partial charge in [-0.15, -0.1) is 16.4 Å². The number of nitrogens with zero attached hydrogens (tertiary/aromatic N) is 4. The Bertz CT molecular complexity index is 1170. The summed E-state index contributed by atoms with van der Waals surface area (Å²) in [5.74, 6) is -0.0989. The number of benzene rings is 1. The number of thiazole rings is 1. The largest absolute Gasteiger partial charge is 0.490 e. The van der Waals surface area contributed by atoms with Crippen LogP contribution in [0.5, 0.6) is 5.75 Å². The molecule has 1 saturated carbocycles. The normalized spacial score (nSPS) is 22.2. The van der Waals surface area contributed by atoms with E-state index >= 15 is 0 Å². The number of primary sulfonamides is 1. The number of hydrogen-bond donors (Lipinski definition) is 2. The number of aromatic nitrogens is 1. The standard InChI is InChI=1S/C21H28N6O4S2/c1-13(2)18(19(28)24-14-6-4-3-5-7-14)21(11-23-27-26-21)12-31-15-8-9-16-17(10-15)32-20(25-16)33(22,29)30/h8-11,13-14,18H,3-7,12H2,1-2H3,(H,24,28)(H2,22,29,30). The van der Waals surface area contributed by atoms with E-state index in [2.05, 4.69) is 25.7 Å². The van der Waals surface area contributed by atoms with E-state index in [9.17, 15) is 13.2 Å². The number of carbonyl (C=O) groups excluding carboxylic acids is 1. The first-order valence-electron chi connectivity index (χ1n) is 11.0. The summed E-state index contributed by atoms with van der Waals surface area (Å²) < 4.78 is 29.7. The van der Waals surface area contributed by atoms with Crippen molar-refractivity contribution in [3.05, 3.63) is 18.2 Å². The van der Waals surface area contributed by atoms with E-state index in [4.69, 9.17) is 9.88 Å². The Morgan fingerprint density at radius 2 is 2.06 bits per heavy atom. The average molecular weight is 493 g/mol. The summed E-state index contributed by atoms with van der Waals surface area (Å²) >= 11 is 0.975. The van der Waals surface area contributed by atoms with Gasteiger partial charge in [-0.25, -0.2) is 18.5 Å². The summed E-state index contributed by atoms with van der Waals surface area (Å²) in [5.41, 5.74) is -0.512. The lowest BCUT2D eigenvalue weighted by Gasteiger charge is -2.34. The Balaban J connectivity index is 1.53. The highest BCUT2D eigenvalue weighted by atomic mass is 32.2. The van der Waals surface area contributed by atoms with Crippen molar-refractivity contribution >= 4 is 43.7 Å². The first-order valence-corrected chi connectivity index (χ1v) is 13.4. The highest BCUT2D eigenvalue weighted by molar-refractivity contribution is 7.91. The minimum Gasteiger partial charge on any atom is -0.490 e. The molecule has 1 aromatic carbocycles. The zero-order valence-corrected chi connectivity index (χ0v) is 20.2. The summed E-state index contributed by atoms with van der Waals surface area (Å²) in [5, 5.41) is 20.5. The molecule has 12 heteroatoms. The second-order valence-electron chi connectivity index (χ2n) is 8.93. The minimum atomic E-state index is -3.88. The second kappa shape index (κ2) is 9.43. The van der Waals surface area contributed by atoms with Crippen LogP contribution in [-0.2, 0) is 14.8 Å². The molecule has 2 unspecified atom stereocenters. The molecule has 1 fully saturated rings. The zero-order valence-electron chi connectivity index (χ0n) is 18.6. The van der Waals surface area contributed by atoms with Gasteiger partial charge in [0.05, 0.1) is 22.3 Å². The SMILES string of the molecule is CC(C)C(C(=O)NC1CCCCC1)C1(COc2ccc3nc(S(N)(=O)=O)sc3c2)C=NN=N1. The molecule has 0 spiro atoms. The number of rotatable bonds is 8. The molecule has 0 radical (unpaired) electrons. The van der Waals surface area contributed by atoms with E-state index in [1.165, 1.54) is 6.42 Å². The van der Waals surface area contributed by atoms with Crippen molar-refractivity contribution < 1.29 is 17.9 Å². The van der Waals surface area contributed by atoms with Crippen molar-refractivity contribution in [3.63, 3.8) is 0 Å². The third kappa shape index (κ3) is 5.22. The molecule has 1 aliphatic heterocycles. The number of ether oxygens (including phenoxy) is 1. The van der Waals surface area contributed by atoms with Gasteiger partial charge in [-0.2, -0.15) is 5.11 Å². The van der Waals surface area contributed by atoms with Gasteiger partial charge in [-0.3, -0.25) is 4.79 Å². The molecule has 2 atom stereocenters. The summed E-state index contributed by atoms with van der Waals surface area (Å²) in [6.07, 6.45) is 7.03. The molecule has 1 amide bonds. The molecule has 2 heterocycles. The fraction of sp³-hybridized carbons (Fsp3) is 0.571. The fourth-order valence-corrected chi connectivity index (χ4v) is 6.18. The Morgan fingerprint density at radius 1 is 1.30 bits per heavy atom. The fourth-order valence-electron chi connectivity index (χ4n) is 4.50. The highest BCUT2D eigenvalue weighted by Gasteiger charge is 2.47. The zero-order chi connectivity index (χ0) is 23.6. The summed E-state index contributed by atoms with van der Waals surface area (Å²) in [6.45, 7) is 4.02. The van der Waals surface area contributed by atoms with Gasteiger partial charge in [0, 0.05) is 6.04 Å².